The summed E-state index contributed by atoms with van der Waals surface area (Å²) in [6.45, 7) is 0.759. The third-order valence-corrected chi connectivity index (χ3v) is 4.59. The summed E-state index contributed by atoms with van der Waals surface area (Å²) in [6.07, 6.45) is 0.0855. The van der Waals surface area contributed by atoms with Gasteiger partial charge in [0.05, 0.1) is 17.0 Å². The molecule has 108 valence electrons. The molecule has 1 aromatic rings. The molecule has 1 amide bonds. The lowest BCUT2D eigenvalue weighted by molar-refractivity contribution is -0.137. The lowest BCUT2D eigenvalue weighted by Crippen LogP contribution is -2.43. The normalized spacial score (nSPS) is 18.9. The second-order valence-corrected chi connectivity index (χ2v) is 6.11. The molecule has 7 heteroatoms. The largest absolute Gasteiger partial charge is 0.481 e. The number of thioether (sulfide) groups is 1. The zero-order chi connectivity index (χ0) is 14.7. The number of aliphatic carboxylic acids is 1. The molecule has 20 heavy (non-hydrogen) atoms. The third-order valence-electron chi connectivity index (χ3n) is 3.19. The summed E-state index contributed by atoms with van der Waals surface area (Å²) in [5, 5.41) is 9.27. The van der Waals surface area contributed by atoms with Crippen molar-refractivity contribution in [1.29, 1.82) is 0 Å². The summed E-state index contributed by atoms with van der Waals surface area (Å²) in [5.74, 6) is 0.312. The molecule has 1 unspecified atom stereocenters. The van der Waals surface area contributed by atoms with Crippen LogP contribution in [0.25, 0.3) is 0 Å². The first kappa shape index (κ1) is 15.0. The highest BCUT2D eigenvalue weighted by molar-refractivity contribution is 7.99. The van der Waals surface area contributed by atoms with Crippen molar-refractivity contribution in [1.82, 2.24) is 0 Å². The van der Waals surface area contributed by atoms with Crippen molar-refractivity contribution in [3.8, 4) is 0 Å². The number of carbonyl (C=O) groups is 2. The smallest absolute Gasteiger partial charge is 0.305 e. The number of rotatable bonds is 4. The lowest BCUT2D eigenvalue weighted by atomic mass is 10.1. The Labute approximate surface area is 126 Å². The standard InChI is InChI=1S/C13H15ClN2O3S/c14-11-5-8(1-2-10(11)13(15)19)16-3-4-20-7-9(16)6-12(17)18/h1-2,5,9H,3-4,6-7H2,(H2,15,19)(H,17,18). The van der Waals surface area contributed by atoms with Crippen LogP contribution in [0.2, 0.25) is 5.02 Å². The van der Waals surface area contributed by atoms with E-state index in [0.717, 1.165) is 23.7 Å². The number of primary amides is 1. The number of carboxylic acid groups (broad SMARTS) is 1. The molecule has 3 N–H and O–H groups in total. The Kier molecular flexibility index (Phi) is 4.77. The van der Waals surface area contributed by atoms with Gasteiger partial charge in [0.25, 0.3) is 0 Å². The highest BCUT2D eigenvalue weighted by atomic mass is 35.5. The summed E-state index contributed by atoms with van der Waals surface area (Å²) in [4.78, 5) is 24.1. The van der Waals surface area contributed by atoms with E-state index in [1.54, 1.807) is 30.0 Å². The van der Waals surface area contributed by atoms with Crippen LogP contribution in [-0.4, -0.2) is 41.1 Å². The maximum Gasteiger partial charge on any atom is 0.305 e. The molecule has 2 rings (SSSR count). The minimum Gasteiger partial charge on any atom is -0.481 e. The molecule has 0 bridgehead atoms. The molecule has 0 aliphatic carbocycles. The number of halogens is 1. The number of nitrogens with two attached hydrogens (primary N) is 1. The van der Waals surface area contributed by atoms with Gasteiger partial charge >= 0.3 is 5.97 Å². The molecule has 1 fully saturated rings. The molecule has 0 aromatic heterocycles. The molecular weight excluding hydrogens is 300 g/mol. The maximum absolute atomic E-state index is 11.2. The zero-order valence-corrected chi connectivity index (χ0v) is 12.3. The van der Waals surface area contributed by atoms with E-state index >= 15 is 0 Å². The fraction of sp³-hybridized carbons (Fsp3) is 0.385. The molecule has 5 nitrogen and oxygen atoms in total. The van der Waals surface area contributed by atoms with E-state index in [1.807, 2.05) is 4.90 Å². The average molecular weight is 315 g/mol. The van der Waals surface area contributed by atoms with Crippen LogP contribution < -0.4 is 10.6 Å². The number of anilines is 1. The predicted octanol–water partition coefficient (Wildman–Crippen LogP) is 1.84. The Morgan fingerprint density at radius 1 is 1.50 bits per heavy atom. The van der Waals surface area contributed by atoms with Crippen LogP contribution in [0.5, 0.6) is 0 Å². The van der Waals surface area contributed by atoms with Crippen LogP contribution in [0.15, 0.2) is 18.2 Å². The van der Waals surface area contributed by atoms with Gasteiger partial charge in [-0.2, -0.15) is 11.8 Å². The van der Waals surface area contributed by atoms with Gasteiger partial charge in [-0.25, -0.2) is 0 Å². The van der Waals surface area contributed by atoms with Crippen LogP contribution in [0.4, 0.5) is 5.69 Å². The Bertz CT molecular complexity index is 538. The molecule has 1 aromatic carbocycles. The second kappa shape index (κ2) is 6.37. The molecule has 1 saturated heterocycles. The molecule has 1 heterocycles. The first-order valence-corrected chi connectivity index (χ1v) is 7.68. The quantitative estimate of drug-likeness (QED) is 0.886. The van der Waals surface area contributed by atoms with Crippen LogP contribution in [0, 0.1) is 0 Å². The summed E-state index contributed by atoms with van der Waals surface area (Å²) < 4.78 is 0. The van der Waals surface area contributed by atoms with E-state index in [1.165, 1.54) is 0 Å². The van der Waals surface area contributed by atoms with Crippen LogP contribution >= 0.6 is 23.4 Å². The highest BCUT2D eigenvalue weighted by Gasteiger charge is 2.25. The van der Waals surface area contributed by atoms with Gasteiger partial charge in [-0.1, -0.05) is 11.6 Å². The Hall–Kier alpha value is -1.40. The van der Waals surface area contributed by atoms with E-state index in [0.29, 0.717) is 5.02 Å². The average Bonchev–Trinajstić information content (AvgIpc) is 2.38. The number of hydrogen-bond acceptors (Lipinski definition) is 4. The van der Waals surface area contributed by atoms with Gasteiger partial charge in [0.15, 0.2) is 0 Å². The van der Waals surface area contributed by atoms with Crippen molar-refractivity contribution in [2.24, 2.45) is 5.73 Å². The van der Waals surface area contributed by atoms with Gasteiger partial charge < -0.3 is 15.7 Å². The Balaban J connectivity index is 2.26. The number of carboxylic acids is 1. The molecule has 1 aliphatic heterocycles. The third kappa shape index (κ3) is 3.37. The van der Waals surface area contributed by atoms with Gasteiger partial charge in [-0.05, 0) is 18.2 Å². The van der Waals surface area contributed by atoms with Gasteiger partial charge in [0, 0.05) is 29.8 Å². The number of nitrogens with zero attached hydrogens (tertiary/aromatic N) is 1. The summed E-state index contributed by atoms with van der Waals surface area (Å²) in [7, 11) is 0. The van der Waals surface area contributed by atoms with Gasteiger partial charge in [0.2, 0.25) is 5.91 Å². The molecule has 0 saturated carbocycles. The number of hydrogen-bond donors (Lipinski definition) is 2. The fourth-order valence-corrected chi connectivity index (χ4v) is 3.58. The van der Waals surface area contributed by atoms with Gasteiger partial charge in [-0.3, -0.25) is 9.59 Å². The van der Waals surface area contributed by atoms with Crippen LogP contribution in [-0.2, 0) is 4.79 Å². The number of amides is 1. The summed E-state index contributed by atoms with van der Waals surface area (Å²) in [5.41, 5.74) is 6.32. The SMILES string of the molecule is NC(=O)c1ccc(N2CCSCC2CC(=O)O)cc1Cl. The van der Waals surface area contributed by atoms with Crippen molar-refractivity contribution >= 4 is 40.9 Å². The van der Waals surface area contributed by atoms with Crippen LogP contribution in [0.3, 0.4) is 0 Å². The summed E-state index contributed by atoms with van der Waals surface area (Å²) >= 11 is 7.79. The Morgan fingerprint density at radius 3 is 2.85 bits per heavy atom. The van der Waals surface area contributed by atoms with E-state index in [2.05, 4.69) is 0 Å². The lowest BCUT2D eigenvalue weighted by Gasteiger charge is -2.36. The first-order chi connectivity index (χ1) is 9.49. The van der Waals surface area contributed by atoms with E-state index < -0.39 is 11.9 Å². The molecule has 0 spiro atoms. The van der Waals surface area contributed by atoms with Crippen molar-refractivity contribution in [3.63, 3.8) is 0 Å². The topological polar surface area (TPSA) is 83.6 Å². The zero-order valence-electron chi connectivity index (χ0n) is 10.7. The number of carbonyl (C=O) groups excluding carboxylic acids is 1. The Morgan fingerprint density at radius 2 is 2.25 bits per heavy atom. The minimum absolute atomic E-state index is 0.0678. The van der Waals surface area contributed by atoms with E-state index in [9.17, 15) is 9.59 Å². The predicted molar refractivity (Wildman–Crippen MR) is 80.7 cm³/mol. The van der Waals surface area contributed by atoms with E-state index in [-0.39, 0.29) is 18.0 Å². The number of benzene rings is 1. The molecule has 0 radical (unpaired) electrons. The van der Waals surface area contributed by atoms with Gasteiger partial charge in [-0.15, -0.1) is 0 Å². The monoisotopic (exact) mass is 314 g/mol. The molecule has 1 aliphatic rings. The summed E-state index contributed by atoms with van der Waals surface area (Å²) in [6, 6.07) is 4.95. The van der Waals surface area contributed by atoms with Crippen molar-refractivity contribution in [2.45, 2.75) is 12.5 Å². The fourth-order valence-electron chi connectivity index (χ4n) is 2.25. The second-order valence-electron chi connectivity index (χ2n) is 4.55. The van der Waals surface area contributed by atoms with Crippen molar-refractivity contribution in [2.75, 3.05) is 23.0 Å². The van der Waals surface area contributed by atoms with Crippen molar-refractivity contribution < 1.29 is 14.7 Å². The molecule has 1 atom stereocenters. The molecular formula is C13H15ClN2O3S. The van der Waals surface area contributed by atoms with Crippen LogP contribution in [0.1, 0.15) is 16.8 Å². The van der Waals surface area contributed by atoms with Gasteiger partial charge in [0.1, 0.15) is 0 Å². The maximum atomic E-state index is 11.2. The highest BCUT2D eigenvalue weighted by Crippen LogP contribution is 2.29. The van der Waals surface area contributed by atoms with E-state index in [4.69, 9.17) is 22.4 Å². The minimum atomic E-state index is -0.817. The first-order valence-electron chi connectivity index (χ1n) is 6.14. The van der Waals surface area contributed by atoms with Crippen molar-refractivity contribution in [3.05, 3.63) is 28.8 Å².